The Morgan fingerprint density at radius 2 is 1.83 bits per heavy atom. The molecule has 0 aliphatic carbocycles. The summed E-state index contributed by atoms with van der Waals surface area (Å²) >= 11 is 0. The zero-order chi connectivity index (χ0) is 24.5. The van der Waals surface area contributed by atoms with Crippen molar-refractivity contribution in [2.24, 2.45) is 5.92 Å². The predicted octanol–water partition coefficient (Wildman–Crippen LogP) is 5.96. The number of hydrogen-bond acceptors (Lipinski definition) is 5. The van der Waals surface area contributed by atoms with Crippen molar-refractivity contribution in [3.63, 3.8) is 0 Å². The first-order valence-corrected chi connectivity index (χ1v) is 12.6. The highest BCUT2D eigenvalue weighted by atomic mass is 15.3. The van der Waals surface area contributed by atoms with E-state index in [0.717, 1.165) is 35.7 Å². The molecule has 0 N–H and O–H groups in total. The van der Waals surface area contributed by atoms with Gasteiger partial charge in [0.15, 0.2) is 0 Å². The smallest absolute Gasteiger partial charge is 0.147 e. The van der Waals surface area contributed by atoms with Gasteiger partial charge in [0.05, 0.1) is 35.9 Å². The van der Waals surface area contributed by atoms with Crippen LogP contribution in [-0.4, -0.2) is 31.2 Å². The number of pyridine rings is 1. The summed E-state index contributed by atoms with van der Waals surface area (Å²) in [5, 5.41) is 18.9. The lowest BCUT2D eigenvalue weighted by Crippen LogP contribution is -2.30. The molecule has 0 bridgehead atoms. The predicted molar refractivity (Wildman–Crippen MR) is 139 cm³/mol. The minimum absolute atomic E-state index is 0.644. The molecule has 2 aromatic heterocycles. The molecular formula is C29H34N6. The third-order valence-corrected chi connectivity index (χ3v) is 6.60. The topological polar surface area (TPSA) is 70.6 Å². The molecule has 1 atom stereocenters. The lowest BCUT2D eigenvalue weighted by molar-refractivity contribution is 0.195. The number of nitriles is 1. The number of para-hydroxylation sites is 1. The van der Waals surface area contributed by atoms with Gasteiger partial charge in [0.25, 0.3) is 0 Å². The number of unbranched alkanes of at least 4 members (excludes halogenated alkanes) is 1. The second-order valence-electron chi connectivity index (χ2n) is 9.27. The molecule has 0 spiro atoms. The number of fused-ring (bicyclic) bond motifs is 1. The van der Waals surface area contributed by atoms with Crippen molar-refractivity contribution < 1.29 is 0 Å². The first kappa shape index (κ1) is 24.6. The lowest BCUT2D eigenvalue weighted by Gasteiger charge is -2.27. The molecule has 0 aliphatic heterocycles. The molecule has 0 radical (unpaired) electrons. The van der Waals surface area contributed by atoms with Crippen molar-refractivity contribution in [2.45, 2.75) is 59.2 Å². The first-order valence-electron chi connectivity index (χ1n) is 12.6. The molecule has 0 saturated heterocycles. The molecular weight excluding hydrogens is 432 g/mol. The molecule has 35 heavy (non-hydrogen) atoms. The standard InChI is InChI=1S/C29H34N6/c1-3-5-8-23(4-2)18-34(20-27-16-15-26-9-6-7-10-28(26)32-27)21-29-33-31-22-35(29)19-25-13-11-24(17-30)12-14-25/h6-7,9-16,22-23H,3-5,8,18-21H2,1-2H3. The largest absolute Gasteiger partial charge is 0.312 e. The molecule has 6 heteroatoms. The van der Waals surface area contributed by atoms with Gasteiger partial charge in [-0.15, -0.1) is 10.2 Å². The summed E-state index contributed by atoms with van der Waals surface area (Å²) in [6, 6.07) is 22.5. The van der Waals surface area contributed by atoms with Crippen LogP contribution in [0.4, 0.5) is 0 Å². The fraction of sp³-hybridized carbons (Fsp3) is 0.379. The van der Waals surface area contributed by atoms with Gasteiger partial charge >= 0.3 is 0 Å². The molecule has 0 fully saturated rings. The fourth-order valence-electron chi connectivity index (χ4n) is 4.51. The summed E-state index contributed by atoms with van der Waals surface area (Å²) in [5.41, 5.74) is 3.91. The highest BCUT2D eigenvalue weighted by Gasteiger charge is 2.17. The van der Waals surface area contributed by atoms with E-state index in [-0.39, 0.29) is 0 Å². The van der Waals surface area contributed by atoms with Crippen LogP contribution in [-0.2, 0) is 19.6 Å². The third-order valence-electron chi connectivity index (χ3n) is 6.60. The average molecular weight is 467 g/mol. The van der Waals surface area contributed by atoms with Gasteiger partial charge in [-0.2, -0.15) is 5.26 Å². The second kappa shape index (κ2) is 12.2. The van der Waals surface area contributed by atoms with Crippen LogP contribution < -0.4 is 0 Å². The van der Waals surface area contributed by atoms with Crippen molar-refractivity contribution in [3.05, 3.63) is 89.6 Å². The van der Waals surface area contributed by atoms with E-state index in [1.807, 2.05) is 30.3 Å². The van der Waals surface area contributed by atoms with E-state index in [9.17, 15) is 0 Å². The zero-order valence-electron chi connectivity index (χ0n) is 20.8. The van der Waals surface area contributed by atoms with Gasteiger partial charge in [-0.1, -0.05) is 69.5 Å². The van der Waals surface area contributed by atoms with Crippen LogP contribution in [0.2, 0.25) is 0 Å². The Balaban J connectivity index is 1.53. The molecule has 4 aromatic rings. The van der Waals surface area contributed by atoms with Crippen molar-refractivity contribution >= 4 is 10.9 Å². The van der Waals surface area contributed by atoms with Gasteiger partial charge in [-0.25, -0.2) is 0 Å². The maximum Gasteiger partial charge on any atom is 0.147 e. The van der Waals surface area contributed by atoms with Crippen molar-refractivity contribution in [1.29, 1.82) is 5.26 Å². The van der Waals surface area contributed by atoms with E-state index >= 15 is 0 Å². The van der Waals surface area contributed by atoms with Gasteiger partial charge < -0.3 is 4.57 Å². The minimum atomic E-state index is 0.644. The van der Waals surface area contributed by atoms with Crippen LogP contribution in [0.5, 0.6) is 0 Å². The third kappa shape index (κ3) is 6.74. The Labute approximate surface area is 208 Å². The number of rotatable bonds is 12. The van der Waals surface area contributed by atoms with E-state index < -0.39 is 0 Å². The number of aromatic nitrogens is 4. The van der Waals surface area contributed by atoms with Gasteiger partial charge in [0, 0.05) is 18.5 Å². The molecule has 1 unspecified atom stereocenters. The summed E-state index contributed by atoms with van der Waals surface area (Å²) in [6.45, 7) is 7.73. The quantitative estimate of drug-likeness (QED) is 0.257. The Morgan fingerprint density at radius 3 is 2.60 bits per heavy atom. The molecule has 0 aliphatic rings. The zero-order valence-corrected chi connectivity index (χ0v) is 20.8. The van der Waals surface area contributed by atoms with Crippen LogP contribution in [0, 0.1) is 17.2 Å². The molecule has 4 rings (SSSR count). The van der Waals surface area contributed by atoms with E-state index in [4.69, 9.17) is 10.2 Å². The molecule has 180 valence electrons. The monoisotopic (exact) mass is 466 g/mol. The van der Waals surface area contributed by atoms with E-state index in [0.29, 0.717) is 24.6 Å². The lowest BCUT2D eigenvalue weighted by atomic mass is 9.98. The fourth-order valence-corrected chi connectivity index (χ4v) is 4.51. The van der Waals surface area contributed by atoms with Crippen molar-refractivity contribution in [2.75, 3.05) is 6.54 Å². The Kier molecular flexibility index (Phi) is 8.58. The summed E-state index contributed by atoms with van der Waals surface area (Å²) < 4.78 is 2.11. The summed E-state index contributed by atoms with van der Waals surface area (Å²) in [6.07, 6.45) is 6.69. The van der Waals surface area contributed by atoms with E-state index in [1.165, 1.54) is 31.1 Å². The average Bonchev–Trinajstić information content (AvgIpc) is 3.33. The van der Waals surface area contributed by atoms with Gasteiger partial charge in [0.1, 0.15) is 12.2 Å². The maximum atomic E-state index is 9.07. The number of hydrogen-bond donors (Lipinski definition) is 0. The summed E-state index contributed by atoms with van der Waals surface area (Å²) in [7, 11) is 0. The maximum absolute atomic E-state index is 9.07. The normalized spacial score (nSPS) is 12.2. The van der Waals surface area contributed by atoms with Crippen LogP contribution in [0.25, 0.3) is 10.9 Å². The van der Waals surface area contributed by atoms with Crippen molar-refractivity contribution in [1.82, 2.24) is 24.6 Å². The Morgan fingerprint density at radius 1 is 1.00 bits per heavy atom. The molecule has 2 heterocycles. The minimum Gasteiger partial charge on any atom is -0.312 e. The Bertz CT molecular complexity index is 1250. The van der Waals surface area contributed by atoms with Crippen molar-refractivity contribution in [3.8, 4) is 6.07 Å². The summed E-state index contributed by atoms with van der Waals surface area (Å²) in [4.78, 5) is 7.41. The van der Waals surface area contributed by atoms with Crippen LogP contribution >= 0.6 is 0 Å². The SMILES string of the molecule is CCCCC(CC)CN(Cc1ccc2ccccc2n1)Cc1nncn1Cc1ccc(C#N)cc1. The number of nitrogens with zero attached hydrogens (tertiary/aromatic N) is 6. The van der Waals surface area contributed by atoms with E-state index in [2.05, 4.69) is 69.9 Å². The number of benzene rings is 2. The highest BCUT2D eigenvalue weighted by molar-refractivity contribution is 5.78. The van der Waals surface area contributed by atoms with Crippen LogP contribution in [0.3, 0.4) is 0 Å². The van der Waals surface area contributed by atoms with Crippen LogP contribution in [0.15, 0.2) is 67.0 Å². The summed E-state index contributed by atoms with van der Waals surface area (Å²) in [5.74, 6) is 1.59. The van der Waals surface area contributed by atoms with Gasteiger partial charge in [-0.05, 0) is 42.2 Å². The molecule has 2 aromatic carbocycles. The Hall–Kier alpha value is -3.56. The highest BCUT2D eigenvalue weighted by Crippen LogP contribution is 2.19. The van der Waals surface area contributed by atoms with Crippen LogP contribution in [0.1, 0.15) is 62.2 Å². The van der Waals surface area contributed by atoms with Gasteiger partial charge in [0.2, 0.25) is 0 Å². The molecule has 6 nitrogen and oxygen atoms in total. The second-order valence-corrected chi connectivity index (χ2v) is 9.27. The molecule has 0 saturated carbocycles. The molecule has 0 amide bonds. The first-order chi connectivity index (χ1) is 17.2. The van der Waals surface area contributed by atoms with E-state index in [1.54, 1.807) is 6.33 Å². The van der Waals surface area contributed by atoms with Gasteiger partial charge in [-0.3, -0.25) is 9.88 Å².